The molecule has 34 heavy (non-hydrogen) atoms. The Hall–Kier alpha value is -2.86. The van der Waals surface area contributed by atoms with E-state index in [0.29, 0.717) is 17.8 Å². The van der Waals surface area contributed by atoms with Gasteiger partial charge in [-0.1, -0.05) is 105 Å². The third-order valence-corrected chi connectivity index (χ3v) is 8.28. The van der Waals surface area contributed by atoms with Crippen LogP contribution in [0.1, 0.15) is 91.5 Å². The van der Waals surface area contributed by atoms with E-state index in [9.17, 15) is 0 Å². The molecule has 1 aliphatic rings. The highest BCUT2D eigenvalue weighted by molar-refractivity contribution is 5.83. The van der Waals surface area contributed by atoms with Gasteiger partial charge in [0.15, 0.2) is 0 Å². The lowest BCUT2D eigenvalue weighted by molar-refractivity contribution is 0.471. The van der Waals surface area contributed by atoms with Crippen LogP contribution in [-0.4, -0.2) is 0 Å². The molecule has 0 heterocycles. The van der Waals surface area contributed by atoms with Gasteiger partial charge in [0, 0.05) is 0 Å². The normalized spacial score (nSPS) is 15.4. The van der Waals surface area contributed by atoms with Crippen molar-refractivity contribution in [2.75, 3.05) is 0 Å². The Morgan fingerprint density at radius 1 is 0.559 bits per heavy atom. The minimum atomic E-state index is 0.608. The molecule has 3 atom stereocenters. The monoisotopic (exact) mass is 446 g/mol. The second-order valence-corrected chi connectivity index (χ2v) is 10.4. The molecule has 0 heteroatoms. The van der Waals surface area contributed by atoms with E-state index in [0.717, 1.165) is 0 Å². The number of hydrogen-bond donors (Lipinski definition) is 0. The minimum Gasteiger partial charge on any atom is -0.0648 e. The lowest BCUT2D eigenvalue weighted by Crippen LogP contribution is -2.10. The molecule has 0 saturated heterocycles. The van der Waals surface area contributed by atoms with Crippen LogP contribution in [0.5, 0.6) is 0 Å². The number of fused-ring (bicyclic) bond motifs is 2. The largest absolute Gasteiger partial charge is 0.0648 e. The Kier molecular flexibility index (Phi) is 7.14. The van der Waals surface area contributed by atoms with Gasteiger partial charge in [0.2, 0.25) is 0 Å². The average molecular weight is 447 g/mol. The first kappa shape index (κ1) is 22.9. The standard InChI is InChI=1S/C34H38/c1-3-26(27-9-5-4-6-10-27)15-16-29(34-21-18-28-11-7-8-12-32(28)24-34)14-13-25(2)31-20-17-30-19-22-33(30)23-31/h4-12,17-18,20-21,23-26,29H,3,13-16,19,22H2,1-2H3. The van der Waals surface area contributed by atoms with E-state index in [2.05, 4.69) is 105 Å². The highest BCUT2D eigenvalue weighted by atomic mass is 14.2. The van der Waals surface area contributed by atoms with E-state index in [1.807, 2.05) is 0 Å². The van der Waals surface area contributed by atoms with Crippen molar-refractivity contribution in [3.8, 4) is 0 Å². The molecule has 174 valence electrons. The first-order chi connectivity index (χ1) is 16.7. The number of rotatable bonds is 10. The highest BCUT2D eigenvalue weighted by Crippen LogP contribution is 2.37. The minimum absolute atomic E-state index is 0.608. The summed E-state index contributed by atoms with van der Waals surface area (Å²) in [6, 6.07) is 34.3. The van der Waals surface area contributed by atoms with Crippen LogP contribution in [0.25, 0.3) is 10.8 Å². The maximum Gasteiger partial charge on any atom is -0.0161 e. The van der Waals surface area contributed by atoms with Crippen molar-refractivity contribution in [1.29, 1.82) is 0 Å². The lowest BCUT2D eigenvalue weighted by Gasteiger charge is -2.25. The maximum atomic E-state index is 2.48. The fourth-order valence-corrected chi connectivity index (χ4v) is 5.81. The molecule has 0 spiro atoms. The summed E-state index contributed by atoms with van der Waals surface area (Å²) >= 11 is 0. The molecule has 1 aliphatic carbocycles. The molecule has 4 aromatic rings. The Labute approximate surface area is 206 Å². The van der Waals surface area contributed by atoms with Crippen molar-refractivity contribution >= 4 is 10.8 Å². The molecular formula is C34H38. The van der Waals surface area contributed by atoms with Crippen molar-refractivity contribution < 1.29 is 0 Å². The molecule has 0 radical (unpaired) electrons. The molecule has 5 rings (SSSR count). The van der Waals surface area contributed by atoms with Gasteiger partial charge in [-0.15, -0.1) is 0 Å². The van der Waals surface area contributed by atoms with Gasteiger partial charge in [0.05, 0.1) is 0 Å². The Bertz CT molecular complexity index is 1220. The molecule has 0 bridgehead atoms. The summed E-state index contributed by atoms with van der Waals surface area (Å²) in [4.78, 5) is 0. The maximum absolute atomic E-state index is 2.48. The van der Waals surface area contributed by atoms with Gasteiger partial charge in [-0.3, -0.25) is 0 Å². The van der Waals surface area contributed by atoms with E-state index in [1.165, 1.54) is 72.4 Å². The average Bonchev–Trinajstić information content (AvgIpc) is 2.87. The van der Waals surface area contributed by atoms with Gasteiger partial charge in [-0.05, 0) is 101 Å². The van der Waals surface area contributed by atoms with Crippen molar-refractivity contribution in [3.05, 3.63) is 119 Å². The van der Waals surface area contributed by atoms with E-state index in [-0.39, 0.29) is 0 Å². The number of benzene rings is 4. The third-order valence-electron chi connectivity index (χ3n) is 8.28. The molecule has 0 nitrogen and oxygen atoms in total. The van der Waals surface area contributed by atoms with Crippen molar-refractivity contribution in [2.24, 2.45) is 0 Å². The molecule has 0 aliphatic heterocycles. The summed E-state index contributed by atoms with van der Waals surface area (Å²) in [5, 5.41) is 2.71. The zero-order valence-electron chi connectivity index (χ0n) is 20.8. The van der Waals surface area contributed by atoms with Gasteiger partial charge in [0.25, 0.3) is 0 Å². The van der Waals surface area contributed by atoms with Crippen molar-refractivity contribution in [1.82, 2.24) is 0 Å². The fourth-order valence-electron chi connectivity index (χ4n) is 5.81. The van der Waals surface area contributed by atoms with Gasteiger partial charge >= 0.3 is 0 Å². The van der Waals surface area contributed by atoms with Crippen LogP contribution in [-0.2, 0) is 12.8 Å². The molecule has 4 aromatic carbocycles. The lowest BCUT2D eigenvalue weighted by atomic mass is 9.80. The summed E-state index contributed by atoms with van der Waals surface area (Å²) in [6.07, 6.45) is 8.76. The molecule has 3 unspecified atom stereocenters. The quantitative estimate of drug-likeness (QED) is 0.227. The summed E-state index contributed by atoms with van der Waals surface area (Å²) in [7, 11) is 0. The third kappa shape index (κ3) is 5.12. The van der Waals surface area contributed by atoms with E-state index in [4.69, 9.17) is 0 Å². The number of aryl methyl sites for hydroxylation is 2. The molecule has 0 saturated carbocycles. The van der Waals surface area contributed by atoms with Crippen LogP contribution < -0.4 is 0 Å². The molecule has 0 N–H and O–H groups in total. The predicted molar refractivity (Wildman–Crippen MR) is 147 cm³/mol. The van der Waals surface area contributed by atoms with E-state index >= 15 is 0 Å². The fraction of sp³-hybridized carbons (Fsp3) is 0.353. The van der Waals surface area contributed by atoms with Crippen molar-refractivity contribution in [3.63, 3.8) is 0 Å². The van der Waals surface area contributed by atoms with Crippen LogP contribution in [0.3, 0.4) is 0 Å². The second-order valence-electron chi connectivity index (χ2n) is 10.4. The Morgan fingerprint density at radius 3 is 1.97 bits per heavy atom. The van der Waals surface area contributed by atoms with Crippen LogP contribution in [0.2, 0.25) is 0 Å². The van der Waals surface area contributed by atoms with Gasteiger partial charge in [0.1, 0.15) is 0 Å². The van der Waals surface area contributed by atoms with Gasteiger partial charge < -0.3 is 0 Å². The second kappa shape index (κ2) is 10.6. The van der Waals surface area contributed by atoms with E-state index < -0.39 is 0 Å². The molecule has 0 amide bonds. The first-order valence-corrected chi connectivity index (χ1v) is 13.4. The van der Waals surface area contributed by atoms with Crippen LogP contribution >= 0.6 is 0 Å². The zero-order valence-corrected chi connectivity index (χ0v) is 20.8. The summed E-state index contributed by atoms with van der Waals surface area (Å²) in [6.45, 7) is 4.77. The van der Waals surface area contributed by atoms with Gasteiger partial charge in [-0.25, -0.2) is 0 Å². The number of hydrogen-bond acceptors (Lipinski definition) is 0. The smallest absolute Gasteiger partial charge is 0.0161 e. The van der Waals surface area contributed by atoms with Gasteiger partial charge in [-0.2, -0.15) is 0 Å². The predicted octanol–water partition coefficient (Wildman–Crippen LogP) is 9.58. The summed E-state index contributed by atoms with van der Waals surface area (Å²) in [5.41, 5.74) is 7.70. The Balaban J connectivity index is 1.33. The highest BCUT2D eigenvalue weighted by Gasteiger charge is 2.19. The van der Waals surface area contributed by atoms with Crippen LogP contribution in [0.4, 0.5) is 0 Å². The topological polar surface area (TPSA) is 0 Å². The summed E-state index contributed by atoms with van der Waals surface area (Å²) < 4.78 is 0. The van der Waals surface area contributed by atoms with E-state index in [1.54, 1.807) is 11.1 Å². The zero-order chi connectivity index (χ0) is 23.3. The SMILES string of the molecule is CCC(CCC(CCC(C)c1ccc2c(c1)CC2)c1ccc2ccccc2c1)c1ccccc1. The summed E-state index contributed by atoms with van der Waals surface area (Å²) in [5.74, 6) is 1.87. The van der Waals surface area contributed by atoms with Crippen LogP contribution in [0, 0.1) is 0 Å². The molecular weight excluding hydrogens is 408 g/mol. The van der Waals surface area contributed by atoms with Crippen LogP contribution in [0.15, 0.2) is 91.0 Å². The molecule has 0 aromatic heterocycles. The van der Waals surface area contributed by atoms with Crippen molar-refractivity contribution in [2.45, 2.75) is 76.5 Å². The first-order valence-electron chi connectivity index (χ1n) is 13.4. The molecule has 0 fully saturated rings. The Morgan fingerprint density at radius 2 is 1.24 bits per heavy atom.